The first-order valence-electron chi connectivity index (χ1n) is 5.85. The number of amidine groups is 1. The summed E-state index contributed by atoms with van der Waals surface area (Å²) in [6, 6.07) is 6.49. The zero-order valence-electron chi connectivity index (χ0n) is 10.3. The fourth-order valence-corrected chi connectivity index (χ4v) is 3.09. The number of nitrogens with one attached hydrogen (secondary N) is 1. The van der Waals surface area contributed by atoms with Gasteiger partial charge in [-0.25, -0.2) is 8.42 Å². The summed E-state index contributed by atoms with van der Waals surface area (Å²) >= 11 is 0. The van der Waals surface area contributed by atoms with E-state index in [2.05, 4.69) is 9.71 Å². The molecular weight excluding hydrogens is 268 g/mol. The highest BCUT2D eigenvalue weighted by Crippen LogP contribution is 2.22. The Hall–Kier alpha value is -1.89. The van der Waals surface area contributed by atoms with Crippen molar-refractivity contribution < 1.29 is 18.3 Å². The van der Waals surface area contributed by atoms with Crippen molar-refractivity contribution in [3.63, 3.8) is 0 Å². The van der Waals surface area contributed by atoms with Crippen LogP contribution >= 0.6 is 0 Å². The van der Waals surface area contributed by atoms with Crippen molar-refractivity contribution >= 4 is 21.8 Å². The molecule has 102 valence electrons. The quantitative estimate of drug-likeness (QED) is 0.855. The highest BCUT2D eigenvalue weighted by molar-refractivity contribution is 7.90. The fraction of sp³-hybridized carbons (Fsp3) is 0.333. The zero-order valence-corrected chi connectivity index (χ0v) is 11.1. The Morgan fingerprint density at radius 2 is 2.11 bits per heavy atom. The number of aliphatic imine (C=N–C) groups is 1. The predicted molar refractivity (Wildman–Crippen MR) is 69.6 cm³/mol. The van der Waals surface area contributed by atoms with Gasteiger partial charge in [-0.3, -0.25) is 14.5 Å². The molecule has 0 amide bonds. The van der Waals surface area contributed by atoms with Gasteiger partial charge in [-0.1, -0.05) is 19.1 Å². The molecule has 0 saturated heterocycles. The van der Waals surface area contributed by atoms with Crippen LogP contribution < -0.4 is 4.72 Å². The minimum atomic E-state index is -3.56. The van der Waals surface area contributed by atoms with E-state index in [1.54, 1.807) is 25.1 Å². The topological polar surface area (TPSA) is 95.8 Å². The number of hydrogen-bond acceptors (Lipinski definition) is 4. The first-order valence-corrected chi connectivity index (χ1v) is 7.33. The molecule has 1 heterocycles. The second-order valence-electron chi connectivity index (χ2n) is 4.23. The summed E-state index contributed by atoms with van der Waals surface area (Å²) in [5.41, 5.74) is 0.489. The number of fused-ring (bicyclic) bond motifs is 1. The molecular formula is C12H14N2O4S. The Morgan fingerprint density at radius 3 is 2.74 bits per heavy atom. The van der Waals surface area contributed by atoms with Crippen molar-refractivity contribution in [1.29, 1.82) is 0 Å². The number of carboxylic acids is 1. The Balaban J connectivity index is 2.31. The van der Waals surface area contributed by atoms with Crippen molar-refractivity contribution in [1.82, 2.24) is 4.72 Å². The van der Waals surface area contributed by atoms with E-state index >= 15 is 0 Å². The second kappa shape index (κ2) is 5.00. The van der Waals surface area contributed by atoms with Crippen LogP contribution in [0, 0.1) is 5.92 Å². The molecule has 1 aliphatic rings. The third-order valence-electron chi connectivity index (χ3n) is 2.97. The van der Waals surface area contributed by atoms with Gasteiger partial charge in [-0.15, -0.1) is 0 Å². The maximum Gasteiger partial charge on any atom is 0.308 e. The molecule has 1 unspecified atom stereocenters. The number of hydrogen-bond donors (Lipinski definition) is 2. The molecule has 0 spiro atoms. The Bertz CT molecular complexity index is 637. The fourth-order valence-electron chi connectivity index (χ4n) is 1.83. The molecule has 0 fully saturated rings. The molecule has 0 saturated carbocycles. The zero-order chi connectivity index (χ0) is 14.0. The van der Waals surface area contributed by atoms with Gasteiger partial charge in [0.15, 0.2) is 0 Å². The van der Waals surface area contributed by atoms with Gasteiger partial charge in [-0.05, 0) is 18.6 Å². The molecule has 2 rings (SSSR count). The maximum absolute atomic E-state index is 11.8. The first kappa shape index (κ1) is 13.5. The van der Waals surface area contributed by atoms with E-state index in [9.17, 15) is 13.2 Å². The van der Waals surface area contributed by atoms with Gasteiger partial charge in [0.05, 0.1) is 17.4 Å². The van der Waals surface area contributed by atoms with Crippen LogP contribution in [0.5, 0.6) is 0 Å². The summed E-state index contributed by atoms with van der Waals surface area (Å²) < 4.78 is 25.9. The van der Waals surface area contributed by atoms with Crippen LogP contribution in [0.2, 0.25) is 0 Å². The van der Waals surface area contributed by atoms with Gasteiger partial charge in [0.2, 0.25) is 0 Å². The molecule has 1 aliphatic heterocycles. The van der Waals surface area contributed by atoms with Crippen LogP contribution in [0.3, 0.4) is 0 Å². The van der Waals surface area contributed by atoms with Crippen molar-refractivity contribution in [2.75, 3.05) is 6.54 Å². The van der Waals surface area contributed by atoms with Gasteiger partial charge in [-0.2, -0.15) is 0 Å². The Labute approximate surface area is 111 Å². The molecule has 6 nitrogen and oxygen atoms in total. The highest BCUT2D eigenvalue weighted by Gasteiger charge is 2.30. The molecule has 0 aliphatic carbocycles. The third kappa shape index (κ3) is 2.60. The van der Waals surface area contributed by atoms with Gasteiger partial charge in [0, 0.05) is 5.56 Å². The number of nitrogens with zero attached hydrogens (tertiary/aromatic N) is 1. The molecule has 7 heteroatoms. The second-order valence-corrected chi connectivity index (χ2v) is 5.89. The number of rotatable bonds is 4. The van der Waals surface area contributed by atoms with Crippen molar-refractivity contribution in [3.8, 4) is 0 Å². The number of sulfonamides is 1. The van der Waals surface area contributed by atoms with Crippen LogP contribution in [0.25, 0.3) is 0 Å². The van der Waals surface area contributed by atoms with E-state index in [4.69, 9.17) is 5.11 Å². The lowest BCUT2D eigenvalue weighted by Gasteiger charge is -2.06. The average Bonchev–Trinajstić information content (AvgIpc) is 2.62. The molecule has 0 radical (unpaired) electrons. The lowest BCUT2D eigenvalue weighted by atomic mass is 10.1. The SMILES string of the molecule is CCC(CN=C1NS(=O)(=O)c2ccccc21)C(=O)O. The van der Waals surface area contributed by atoms with Gasteiger partial charge >= 0.3 is 5.97 Å². The summed E-state index contributed by atoms with van der Waals surface area (Å²) in [5, 5.41) is 8.94. The maximum atomic E-state index is 11.8. The summed E-state index contributed by atoms with van der Waals surface area (Å²) in [6.45, 7) is 1.81. The van der Waals surface area contributed by atoms with Crippen molar-refractivity contribution in [3.05, 3.63) is 29.8 Å². The van der Waals surface area contributed by atoms with Crippen LogP contribution in [0.15, 0.2) is 34.2 Å². The van der Waals surface area contributed by atoms with E-state index < -0.39 is 21.9 Å². The largest absolute Gasteiger partial charge is 0.481 e. The molecule has 1 aromatic rings. The average molecular weight is 282 g/mol. The van der Waals surface area contributed by atoms with Crippen molar-refractivity contribution in [2.24, 2.45) is 10.9 Å². The lowest BCUT2D eigenvalue weighted by Crippen LogP contribution is -2.24. The molecule has 1 aromatic carbocycles. The summed E-state index contributed by atoms with van der Waals surface area (Å²) in [5.74, 6) is -1.32. The first-order chi connectivity index (χ1) is 8.95. The standard InChI is InChI=1S/C12H14N2O4S/c1-2-8(12(15)16)7-13-11-9-5-3-4-6-10(9)19(17,18)14-11/h3-6,8H,2,7H2,1H3,(H,13,14)(H,15,16). The minimum Gasteiger partial charge on any atom is -0.481 e. The van der Waals surface area contributed by atoms with E-state index in [1.807, 2.05) is 0 Å². The van der Waals surface area contributed by atoms with Gasteiger partial charge in [0.25, 0.3) is 10.0 Å². The van der Waals surface area contributed by atoms with Crippen LogP contribution in [-0.4, -0.2) is 31.9 Å². The minimum absolute atomic E-state index is 0.0536. The highest BCUT2D eigenvalue weighted by atomic mass is 32.2. The van der Waals surface area contributed by atoms with E-state index in [1.165, 1.54) is 6.07 Å². The number of carbonyl (C=O) groups is 1. The Morgan fingerprint density at radius 1 is 1.42 bits per heavy atom. The lowest BCUT2D eigenvalue weighted by molar-refractivity contribution is -0.141. The Kier molecular flexibility index (Phi) is 3.57. The van der Waals surface area contributed by atoms with Gasteiger partial charge < -0.3 is 5.11 Å². The number of carboxylic acid groups (broad SMARTS) is 1. The molecule has 0 aromatic heterocycles. The molecule has 1 atom stereocenters. The van der Waals surface area contributed by atoms with Crippen LogP contribution in [0.4, 0.5) is 0 Å². The molecule has 0 bridgehead atoms. The molecule has 2 N–H and O–H groups in total. The summed E-state index contributed by atoms with van der Waals surface area (Å²) in [4.78, 5) is 15.2. The monoisotopic (exact) mass is 282 g/mol. The number of benzene rings is 1. The van der Waals surface area contributed by atoms with Gasteiger partial charge in [0.1, 0.15) is 5.84 Å². The van der Waals surface area contributed by atoms with Crippen molar-refractivity contribution in [2.45, 2.75) is 18.2 Å². The van der Waals surface area contributed by atoms with Crippen LogP contribution in [0.1, 0.15) is 18.9 Å². The number of aliphatic carboxylic acids is 1. The summed E-state index contributed by atoms with van der Waals surface area (Å²) in [7, 11) is -3.56. The van der Waals surface area contributed by atoms with E-state index in [-0.39, 0.29) is 17.3 Å². The van der Waals surface area contributed by atoms with E-state index in [0.29, 0.717) is 12.0 Å². The molecule has 19 heavy (non-hydrogen) atoms. The third-order valence-corrected chi connectivity index (χ3v) is 4.37. The normalized spacial score (nSPS) is 19.7. The summed E-state index contributed by atoms with van der Waals surface area (Å²) in [6.07, 6.45) is 0.445. The van der Waals surface area contributed by atoms with E-state index in [0.717, 1.165) is 0 Å². The van der Waals surface area contributed by atoms with Crippen LogP contribution in [-0.2, 0) is 14.8 Å². The smallest absolute Gasteiger partial charge is 0.308 e. The predicted octanol–water partition coefficient (Wildman–Crippen LogP) is 0.836.